The van der Waals surface area contributed by atoms with Crippen molar-refractivity contribution in [1.29, 1.82) is 0 Å². The van der Waals surface area contributed by atoms with E-state index >= 15 is 0 Å². The highest BCUT2D eigenvalue weighted by Crippen LogP contribution is 2.29. The van der Waals surface area contributed by atoms with Crippen LogP contribution in [0.25, 0.3) is 0 Å². The van der Waals surface area contributed by atoms with Gasteiger partial charge in [-0.1, -0.05) is 52.9 Å². The highest BCUT2D eigenvalue weighted by molar-refractivity contribution is 7.14. The summed E-state index contributed by atoms with van der Waals surface area (Å²) in [5.74, 6) is 0.527. The van der Waals surface area contributed by atoms with Crippen molar-refractivity contribution in [2.24, 2.45) is 5.92 Å². The van der Waals surface area contributed by atoms with Crippen LogP contribution in [0.1, 0.15) is 67.4 Å². The molecule has 0 bridgehead atoms. The van der Waals surface area contributed by atoms with E-state index in [1.54, 1.807) is 6.07 Å². The molecule has 1 saturated carbocycles. The van der Waals surface area contributed by atoms with Gasteiger partial charge in [0, 0.05) is 18.0 Å². The molecule has 3 rings (SSSR count). The number of ether oxygens (including phenoxy) is 2. The van der Waals surface area contributed by atoms with Crippen LogP contribution in [0.2, 0.25) is 0 Å². The lowest BCUT2D eigenvalue weighted by Crippen LogP contribution is -2.32. The average Bonchev–Trinajstić information content (AvgIpc) is 3.21. The highest BCUT2D eigenvalue weighted by Gasteiger charge is 2.19. The second kappa shape index (κ2) is 18.8. The molecule has 7 nitrogen and oxygen atoms in total. The van der Waals surface area contributed by atoms with Crippen molar-refractivity contribution in [1.82, 2.24) is 4.90 Å². The van der Waals surface area contributed by atoms with Gasteiger partial charge in [-0.2, -0.15) is 0 Å². The minimum Gasteiger partial charge on any atom is -0.465 e. The maximum absolute atomic E-state index is 11.4. The van der Waals surface area contributed by atoms with Gasteiger partial charge in [-0.25, -0.2) is 4.79 Å². The fraction of sp³-hybridized carbons (Fsp3) is 0.708. The number of likely N-dealkylation sites (N-methyl/N-ethyl adjacent to an activating group) is 1. The third kappa shape index (κ3) is 12.3. The molecule has 0 atom stereocenters. The van der Waals surface area contributed by atoms with Crippen LogP contribution in [-0.4, -0.2) is 70.6 Å². The lowest BCUT2D eigenvalue weighted by atomic mass is 9.91. The average molecular weight is 471 g/mol. The van der Waals surface area contributed by atoms with Gasteiger partial charge in [0.15, 0.2) is 0 Å². The van der Waals surface area contributed by atoms with E-state index in [1.165, 1.54) is 55.5 Å². The van der Waals surface area contributed by atoms with E-state index in [4.69, 9.17) is 4.74 Å². The van der Waals surface area contributed by atoms with E-state index in [2.05, 4.69) is 23.6 Å². The Balaban J connectivity index is 0.000000494. The van der Waals surface area contributed by atoms with Gasteiger partial charge < -0.3 is 24.1 Å². The van der Waals surface area contributed by atoms with Gasteiger partial charge in [0.05, 0.1) is 32.6 Å². The van der Waals surface area contributed by atoms with Crippen molar-refractivity contribution in [2.75, 3.05) is 51.9 Å². The van der Waals surface area contributed by atoms with E-state index in [0.717, 1.165) is 37.1 Å². The number of aldehydes is 1. The summed E-state index contributed by atoms with van der Waals surface area (Å²) in [6.07, 6.45) is 8.55. The molecule has 0 aromatic carbocycles. The second-order valence-corrected chi connectivity index (χ2v) is 8.90. The third-order valence-electron chi connectivity index (χ3n) is 5.04. The number of carbonyl (C=O) groups is 3. The zero-order chi connectivity index (χ0) is 24.4. The van der Waals surface area contributed by atoms with Gasteiger partial charge >= 0.3 is 5.97 Å². The fourth-order valence-corrected chi connectivity index (χ4v) is 4.13. The monoisotopic (exact) mass is 470 g/mol. The van der Waals surface area contributed by atoms with Crippen LogP contribution in [0.15, 0.2) is 6.07 Å². The summed E-state index contributed by atoms with van der Waals surface area (Å²) in [4.78, 5) is 37.2. The second-order valence-electron chi connectivity index (χ2n) is 7.65. The Kier molecular flexibility index (Phi) is 17.7. The predicted octanol–water partition coefficient (Wildman–Crippen LogP) is 4.57. The summed E-state index contributed by atoms with van der Waals surface area (Å²) in [6, 6.07) is 1.68. The number of rotatable bonds is 5. The van der Waals surface area contributed by atoms with Crippen LogP contribution in [0, 0.1) is 12.8 Å². The standard InChI is InChI=1S/C10H11NO4S.C7H14.C5H11NO.C2H6/c1-7-5-8(11(6-13)3-4-12)9(16-7)10(14)15-2;1-7-5-3-2-4-6-7;1-6-2-4-7-5-3-6;1-2/h4-6H,3H2,1-2H3;7H,2-6H2,1H3;2-5H2,1H3;1-2H3. The lowest BCUT2D eigenvalue weighted by molar-refractivity contribution is -0.111. The number of esters is 1. The minimum absolute atomic E-state index is 0.0797. The molecule has 0 spiro atoms. The number of hydrogen-bond donors (Lipinski definition) is 0. The number of amides is 1. The van der Waals surface area contributed by atoms with Crippen molar-refractivity contribution in [3.63, 3.8) is 0 Å². The van der Waals surface area contributed by atoms with Gasteiger partial charge in [-0.3, -0.25) is 4.79 Å². The first-order valence-electron chi connectivity index (χ1n) is 11.5. The lowest BCUT2D eigenvalue weighted by Gasteiger charge is -2.21. The molecule has 2 aliphatic rings. The molecule has 1 aliphatic carbocycles. The molecule has 32 heavy (non-hydrogen) atoms. The SMILES string of the molecule is CC.CC1CCCCC1.CN1CCOCC1.COC(=O)c1sc(C)cc1N(C=O)CC=O. The Hall–Kier alpha value is -1.77. The van der Waals surface area contributed by atoms with Crippen molar-refractivity contribution in [3.8, 4) is 0 Å². The molecular weight excluding hydrogens is 428 g/mol. The van der Waals surface area contributed by atoms with Crippen molar-refractivity contribution in [3.05, 3.63) is 15.8 Å². The summed E-state index contributed by atoms with van der Waals surface area (Å²) in [7, 11) is 3.38. The van der Waals surface area contributed by atoms with Gasteiger partial charge in [0.25, 0.3) is 0 Å². The smallest absolute Gasteiger partial charge is 0.350 e. The zero-order valence-corrected chi connectivity index (χ0v) is 21.5. The van der Waals surface area contributed by atoms with Gasteiger partial charge in [-0.15, -0.1) is 11.3 Å². The summed E-state index contributed by atoms with van der Waals surface area (Å²) in [6.45, 7) is 12.1. The van der Waals surface area contributed by atoms with Crippen LogP contribution in [0.3, 0.4) is 0 Å². The van der Waals surface area contributed by atoms with Gasteiger partial charge in [0.1, 0.15) is 11.2 Å². The molecule has 8 heteroatoms. The Morgan fingerprint density at radius 3 is 2.19 bits per heavy atom. The normalized spacial score (nSPS) is 16.1. The molecule has 1 aliphatic heterocycles. The molecule has 1 aromatic heterocycles. The number of aryl methyl sites for hydroxylation is 1. The van der Waals surface area contributed by atoms with E-state index in [1.807, 2.05) is 20.8 Å². The van der Waals surface area contributed by atoms with Crippen molar-refractivity contribution < 1.29 is 23.9 Å². The van der Waals surface area contributed by atoms with Crippen LogP contribution in [0.5, 0.6) is 0 Å². The number of morpholine rings is 1. The van der Waals surface area contributed by atoms with Crippen molar-refractivity contribution >= 4 is 35.7 Å². The maximum Gasteiger partial charge on any atom is 0.350 e. The first-order chi connectivity index (χ1) is 15.4. The van der Waals surface area contributed by atoms with E-state index in [9.17, 15) is 14.4 Å². The molecule has 184 valence electrons. The molecule has 1 saturated heterocycles. The Morgan fingerprint density at radius 2 is 1.81 bits per heavy atom. The number of anilines is 1. The number of nitrogens with zero attached hydrogens (tertiary/aromatic N) is 2. The maximum atomic E-state index is 11.4. The molecular formula is C24H42N2O5S. The summed E-state index contributed by atoms with van der Waals surface area (Å²) < 4.78 is 9.70. The number of methoxy groups -OCH3 is 1. The molecule has 0 unspecified atom stereocenters. The number of hydrogen-bond acceptors (Lipinski definition) is 7. The molecule has 2 fully saturated rings. The van der Waals surface area contributed by atoms with Crippen LogP contribution in [-0.2, 0) is 19.1 Å². The summed E-state index contributed by atoms with van der Waals surface area (Å²) in [5.41, 5.74) is 0.413. The number of thiophene rings is 1. The zero-order valence-electron chi connectivity index (χ0n) is 20.7. The predicted molar refractivity (Wildman–Crippen MR) is 132 cm³/mol. The highest BCUT2D eigenvalue weighted by atomic mass is 32.1. The van der Waals surface area contributed by atoms with Gasteiger partial charge in [0.2, 0.25) is 6.41 Å². The quantitative estimate of drug-likeness (QED) is 0.464. The Morgan fingerprint density at radius 1 is 1.22 bits per heavy atom. The molecule has 1 aromatic rings. The Labute approximate surface area is 198 Å². The summed E-state index contributed by atoms with van der Waals surface area (Å²) in [5, 5.41) is 0. The third-order valence-corrected chi connectivity index (χ3v) is 6.06. The minimum atomic E-state index is -0.508. The fourth-order valence-electron chi connectivity index (χ4n) is 3.19. The topological polar surface area (TPSA) is 76.2 Å². The molecule has 2 heterocycles. The van der Waals surface area contributed by atoms with Crippen LogP contribution < -0.4 is 4.90 Å². The molecule has 0 radical (unpaired) electrons. The van der Waals surface area contributed by atoms with Crippen LogP contribution in [0.4, 0.5) is 5.69 Å². The summed E-state index contributed by atoms with van der Waals surface area (Å²) >= 11 is 1.23. The first-order valence-corrected chi connectivity index (χ1v) is 12.3. The van der Waals surface area contributed by atoms with Crippen molar-refractivity contribution in [2.45, 2.75) is 59.8 Å². The molecule has 1 amide bonds. The van der Waals surface area contributed by atoms with E-state index < -0.39 is 5.97 Å². The largest absolute Gasteiger partial charge is 0.465 e. The van der Waals surface area contributed by atoms with Gasteiger partial charge in [-0.05, 0) is 26.0 Å². The Bertz CT molecular complexity index is 622. The molecule has 0 N–H and O–H groups in total. The van der Waals surface area contributed by atoms with Crippen LogP contribution >= 0.6 is 11.3 Å². The first kappa shape index (κ1) is 30.2. The van der Waals surface area contributed by atoms with E-state index in [-0.39, 0.29) is 6.54 Å². The number of carbonyl (C=O) groups excluding carboxylic acids is 3. The van der Waals surface area contributed by atoms with E-state index in [0.29, 0.717) is 23.3 Å².